The lowest BCUT2D eigenvalue weighted by Gasteiger charge is -2.36. The third kappa shape index (κ3) is 3.21. The maximum Gasteiger partial charge on any atom is 0.230 e. The number of benzene rings is 2. The summed E-state index contributed by atoms with van der Waals surface area (Å²) < 4.78 is 0. The molecule has 2 aromatic carbocycles. The maximum absolute atomic E-state index is 9.86. The minimum atomic E-state index is -0.139. The first-order chi connectivity index (χ1) is 12.6. The van der Waals surface area contributed by atoms with Crippen LogP contribution in [0.2, 0.25) is 5.28 Å². The summed E-state index contributed by atoms with van der Waals surface area (Å²) in [6.07, 6.45) is 0.706. The average Bonchev–Trinajstić information content (AvgIpc) is 2.66. The van der Waals surface area contributed by atoms with E-state index < -0.39 is 0 Å². The summed E-state index contributed by atoms with van der Waals surface area (Å²) in [6.45, 7) is 0.570. The first-order valence-electron chi connectivity index (χ1n) is 8.29. The Balaban J connectivity index is 1.75. The number of anilines is 1. The quantitative estimate of drug-likeness (QED) is 0.739. The molecule has 2 heterocycles. The Morgan fingerprint density at radius 3 is 2.62 bits per heavy atom. The van der Waals surface area contributed by atoms with Gasteiger partial charge >= 0.3 is 0 Å². The van der Waals surface area contributed by atoms with E-state index in [0.717, 1.165) is 0 Å². The molecule has 1 unspecified atom stereocenters. The lowest BCUT2D eigenvalue weighted by molar-refractivity contribution is 0.252. The van der Waals surface area contributed by atoms with Gasteiger partial charge in [0.25, 0.3) is 0 Å². The number of aromatic nitrogens is 3. The lowest BCUT2D eigenvalue weighted by atomic mass is 9.94. The predicted octanol–water partition coefficient (Wildman–Crippen LogP) is 2.82. The number of hydrogen-bond donors (Lipinski definition) is 2. The van der Waals surface area contributed by atoms with E-state index in [2.05, 4.69) is 27.1 Å². The number of fused-ring (bicyclic) bond motifs is 1. The van der Waals surface area contributed by atoms with Crippen molar-refractivity contribution in [3.8, 4) is 17.1 Å². The smallest absolute Gasteiger partial charge is 0.230 e. The summed E-state index contributed by atoms with van der Waals surface area (Å²) in [5.41, 5.74) is 3.04. The van der Waals surface area contributed by atoms with E-state index in [1.54, 1.807) is 24.3 Å². The number of phenolic OH excluding ortho intramolecular Hbond substituents is 1. The fourth-order valence-electron chi connectivity index (χ4n) is 3.23. The SMILES string of the molecule is OCC1Cc2ccccc2CN1c1nc(Cl)nc(-c2cccc(O)c2)n1. The fourth-order valence-corrected chi connectivity index (χ4v) is 3.38. The lowest BCUT2D eigenvalue weighted by Crippen LogP contribution is -2.43. The van der Waals surface area contributed by atoms with Gasteiger partial charge in [-0.15, -0.1) is 0 Å². The topological polar surface area (TPSA) is 82.4 Å². The van der Waals surface area contributed by atoms with Crippen molar-refractivity contribution in [2.75, 3.05) is 11.5 Å². The Kier molecular flexibility index (Phi) is 4.44. The molecule has 0 bridgehead atoms. The van der Waals surface area contributed by atoms with Gasteiger partial charge < -0.3 is 15.1 Å². The summed E-state index contributed by atoms with van der Waals surface area (Å²) in [5, 5.41) is 19.6. The van der Waals surface area contributed by atoms with Gasteiger partial charge in [0.05, 0.1) is 12.6 Å². The van der Waals surface area contributed by atoms with Gasteiger partial charge in [-0.05, 0) is 41.3 Å². The van der Waals surface area contributed by atoms with Crippen LogP contribution in [0.5, 0.6) is 5.75 Å². The van der Waals surface area contributed by atoms with Crippen LogP contribution in [0.25, 0.3) is 11.4 Å². The number of rotatable bonds is 3. The molecule has 0 saturated heterocycles. The Bertz CT molecular complexity index is 950. The molecule has 6 nitrogen and oxygen atoms in total. The number of phenols is 1. The molecule has 7 heteroatoms. The van der Waals surface area contributed by atoms with Crippen LogP contribution in [0.15, 0.2) is 48.5 Å². The van der Waals surface area contributed by atoms with Gasteiger partial charge in [-0.2, -0.15) is 15.0 Å². The number of hydrogen-bond acceptors (Lipinski definition) is 6. The molecule has 1 aromatic heterocycles. The normalized spacial score (nSPS) is 16.4. The molecular weight excluding hydrogens is 352 g/mol. The van der Waals surface area contributed by atoms with Crippen molar-refractivity contribution in [2.45, 2.75) is 19.0 Å². The number of halogens is 1. The Morgan fingerprint density at radius 2 is 1.85 bits per heavy atom. The molecule has 0 spiro atoms. The third-order valence-corrected chi connectivity index (χ3v) is 4.69. The number of aromatic hydroxyl groups is 1. The standard InChI is InChI=1S/C19H17ClN4O2/c20-18-21-17(13-6-3-7-16(26)9-13)22-19(23-18)24-10-14-5-2-1-4-12(14)8-15(24)11-25/h1-7,9,15,25-26H,8,10-11H2. The zero-order valence-corrected chi connectivity index (χ0v) is 14.6. The Hall–Kier alpha value is -2.70. The van der Waals surface area contributed by atoms with Gasteiger partial charge in [0.1, 0.15) is 5.75 Å². The zero-order valence-electron chi connectivity index (χ0n) is 13.9. The summed E-state index contributed by atoms with van der Waals surface area (Å²) in [7, 11) is 0. The summed E-state index contributed by atoms with van der Waals surface area (Å²) in [4.78, 5) is 14.9. The van der Waals surface area contributed by atoms with E-state index in [1.807, 2.05) is 17.0 Å². The van der Waals surface area contributed by atoms with E-state index in [1.165, 1.54) is 11.1 Å². The van der Waals surface area contributed by atoms with Crippen molar-refractivity contribution in [1.29, 1.82) is 0 Å². The zero-order chi connectivity index (χ0) is 18.1. The monoisotopic (exact) mass is 368 g/mol. The van der Waals surface area contributed by atoms with Crippen LogP contribution in [0.4, 0.5) is 5.95 Å². The van der Waals surface area contributed by atoms with Gasteiger partial charge in [-0.1, -0.05) is 36.4 Å². The first-order valence-corrected chi connectivity index (χ1v) is 8.67. The van der Waals surface area contributed by atoms with Crippen molar-refractivity contribution in [2.24, 2.45) is 0 Å². The van der Waals surface area contributed by atoms with E-state index in [0.29, 0.717) is 30.3 Å². The van der Waals surface area contributed by atoms with Crippen LogP contribution in [-0.2, 0) is 13.0 Å². The van der Waals surface area contributed by atoms with Crippen LogP contribution in [-0.4, -0.2) is 37.8 Å². The molecule has 1 aliphatic heterocycles. The second-order valence-electron chi connectivity index (χ2n) is 6.22. The van der Waals surface area contributed by atoms with Crippen LogP contribution in [0.1, 0.15) is 11.1 Å². The molecule has 2 N–H and O–H groups in total. The van der Waals surface area contributed by atoms with E-state index in [9.17, 15) is 10.2 Å². The fraction of sp³-hybridized carbons (Fsp3) is 0.211. The Labute approximate surface area is 155 Å². The molecule has 4 rings (SSSR count). The van der Waals surface area contributed by atoms with Crippen molar-refractivity contribution in [3.63, 3.8) is 0 Å². The highest BCUT2D eigenvalue weighted by Gasteiger charge is 2.28. The van der Waals surface area contributed by atoms with E-state index >= 15 is 0 Å². The minimum absolute atomic E-state index is 0.0148. The van der Waals surface area contributed by atoms with E-state index in [-0.39, 0.29) is 23.7 Å². The summed E-state index contributed by atoms with van der Waals surface area (Å²) in [5.74, 6) is 0.920. The van der Waals surface area contributed by atoms with Gasteiger partial charge in [0, 0.05) is 12.1 Å². The largest absolute Gasteiger partial charge is 0.508 e. The molecule has 0 amide bonds. The number of aliphatic hydroxyl groups is 1. The molecule has 3 aromatic rings. The number of nitrogens with zero attached hydrogens (tertiary/aromatic N) is 4. The van der Waals surface area contributed by atoms with Crippen LogP contribution in [0.3, 0.4) is 0 Å². The van der Waals surface area contributed by atoms with Crippen molar-refractivity contribution < 1.29 is 10.2 Å². The van der Waals surface area contributed by atoms with Crippen molar-refractivity contribution in [3.05, 3.63) is 64.9 Å². The van der Waals surface area contributed by atoms with Gasteiger partial charge in [0.2, 0.25) is 11.2 Å². The molecule has 132 valence electrons. The molecule has 0 radical (unpaired) electrons. The van der Waals surface area contributed by atoms with Gasteiger partial charge in [-0.25, -0.2) is 0 Å². The highest BCUT2D eigenvalue weighted by Crippen LogP contribution is 2.29. The molecular formula is C19H17ClN4O2. The summed E-state index contributed by atoms with van der Waals surface area (Å²) in [6, 6.07) is 14.7. The minimum Gasteiger partial charge on any atom is -0.508 e. The van der Waals surface area contributed by atoms with Gasteiger partial charge in [-0.3, -0.25) is 0 Å². The molecule has 0 saturated carbocycles. The molecule has 0 fully saturated rings. The maximum atomic E-state index is 9.86. The van der Waals surface area contributed by atoms with Crippen LogP contribution in [0, 0.1) is 0 Å². The molecule has 1 atom stereocenters. The first kappa shape index (κ1) is 16.8. The second-order valence-corrected chi connectivity index (χ2v) is 6.55. The molecule has 0 aliphatic carbocycles. The predicted molar refractivity (Wildman–Crippen MR) is 99.1 cm³/mol. The van der Waals surface area contributed by atoms with Crippen molar-refractivity contribution >= 4 is 17.5 Å². The summed E-state index contributed by atoms with van der Waals surface area (Å²) >= 11 is 6.14. The number of aliphatic hydroxyl groups excluding tert-OH is 1. The molecule has 1 aliphatic rings. The van der Waals surface area contributed by atoms with Crippen LogP contribution < -0.4 is 4.90 Å². The van der Waals surface area contributed by atoms with Gasteiger partial charge in [0.15, 0.2) is 5.82 Å². The molecule has 26 heavy (non-hydrogen) atoms. The highest BCUT2D eigenvalue weighted by atomic mass is 35.5. The third-order valence-electron chi connectivity index (χ3n) is 4.52. The second kappa shape index (κ2) is 6.90. The highest BCUT2D eigenvalue weighted by molar-refractivity contribution is 6.28. The Morgan fingerprint density at radius 1 is 1.04 bits per heavy atom. The van der Waals surface area contributed by atoms with Crippen molar-refractivity contribution in [1.82, 2.24) is 15.0 Å². The van der Waals surface area contributed by atoms with E-state index in [4.69, 9.17) is 11.6 Å². The van der Waals surface area contributed by atoms with Crippen LogP contribution >= 0.6 is 11.6 Å². The average molecular weight is 369 g/mol.